The summed E-state index contributed by atoms with van der Waals surface area (Å²) in [5, 5.41) is 15.7. The Balaban J connectivity index is 1.78. The molecule has 0 saturated heterocycles. The number of hydrogen-bond acceptors (Lipinski definition) is 4. The summed E-state index contributed by atoms with van der Waals surface area (Å²) in [6, 6.07) is 17.7. The summed E-state index contributed by atoms with van der Waals surface area (Å²) < 4.78 is 6.68. The van der Waals surface area contributed by atoms with Crippen LogP contribution in [0.3, 0.4) is 0 Å². The molecule has 2 amide bonds. The van der Waals surface area contributed by atoms with Crippen molar-refractivity contribution >= 4 is 62.9 Å². The van der Waals surface area contributed by atoms with Crippen LogP contribution in [-0.4, -0.2) is 23.1 Å². The molecule has 1 atom stereocenters. The zero-order valence-corrected chi connectivity index (χ0v) is 22.5. The van der Waals surface area contributed by atoms with Crippen LogP contribution in [0.1, 0.15) is 22.3 Å². The highest BCUT2D eigenvalue weighted by atomic mass is 127. The fourth-order valence-corrected chi connectivity index (χ4v) is 5.09. The molecular weight excluding hydrogens is 646 g/mol. The number of alkyl carbamates (subject to hydrolysis) is 1. The minimum absolute atomic E-state index is 0.104. The normalized spacial score (nSPS) is 11.5. The van der Waals surface area contributed by atoms with Crippen LogP contribution in [0.5, 0.6) is 5.75 Å². The van der Waals surface area contributed by atoms with E-state index in [2.05, 4.69) is 10.6 Å². The topological polar surface area (TPSA) is 87.7 Å². The Kier molecular flexibility index (Phi) is 8.95. The number of aromatic hydroxyl groups is 1. The molecule has 3 aromatic rings. The highest BCUT2D eigenvalue weighted by Gasteiger charge is 2.24. The van der Waals surface area contributed by atoms with Gasteiger partial charge >= 0.3 is 6.09 Å². The second-order valence-electron chi connectivity index (χ2n) is 7.61. The minimum Gasteiger partial charge on any atom is -0.506 e. The third-order valence-electron chi connectivity index (χ3n) is 5.20. The summed E-state index contributed by atoms with van der Waals surface area (Å²) in [7, 11) is 0. The number of benzene rings is 3. The van der Waals surface area contributed by atoms with E-state index in [0.717, 1.165) is 22.3 Å². The molecule has 0 aliphatic heterocycles. The number of hydrogen-bond donors (Lipinski definition) is 3. The van der Waals surface area contributed by atoms with Crippen LogP contribution in [0.2, 0.25) is 0 Å². The summed E-state index contributed by atoms with van der Waals surface area (Å²) in [5.41, 5.74) is 4.38. The number of phenolic OH excluding ortho intramolecular Hbond substituents is 1. The van der Waals surface area contributed by atoms with E-state index in [1.807, 2.05) is 108 Å². The highest BCUT2D eigenvalue weighted by molar-refractivity contribution is 14.1. The van der Waals surface area contributed by atoms with Crippen molar-refractivity contribution in [1.82, 2.24) is 5.32 Å². The maximum Gasteiger partial charge on any atom is 0.408 e. The number of aryl methyl sites for hydroxylation is 1. The first-order chi connectivity index (χ1) is 15.7. The monoisotopic (exact) mass is 670 g/mol. The molecule has 0 radical (unpaired) electrons. The maximum absolute atomic E-state index is 13.2. The summed E-state index contributed by atoms with van der Waals surface area (Å²) in [5.74, 6) is -0.148. The molecule has 0 heterocycles. The van der Waals surface area contributed by atoms with Crippen LogP contribution < -0.4 is 10.6 Å². The molecule has 3 N–H and O–H groups in total. The van der Waals surface area contributed by atoms with Crippen molar-refractivity contribution in [2.45, 2.75) is 32.9 Å². The van der Waals surface area contributed by atoms with Crippen LogP contribution in [-0.2, 0) is 22.6 Å². The number of amides is 2. The smallest absolute Gasteiger partial charge is 0.408 e. The Bertz CT molecular complexity index is 1130. The van der Waals surface area contributed by atoms with Crippen LogP contribution in [0.15, 0.2) is 60.7 Å². The number of anilines is 1. The molecule has 0 saturated carbocycles. The van der Waals surface area contributed by atoms with Crippen molar-refractivity contribution in [3.8, 4) is 5.75 Å². The van der Waals surface area contributed by atoms with Gasteiger partial charge in [0.1, 0.15) is 18.4 Å². The fourth-order valence-electron chi connectivity index (χ4n) is 3.19. The van der Waals surface area contributed by atoms with E-state index in [-0.39, 0.29) is 24.7 Å². The molecule has 0 spiro atoms. The molecule has 3 rings (SSSR count). The van der Waals surface area contributed by atoms with Crippen molar-refractivity contribution in [1.29, 1.82) is 0 Å². The zero-order chi connectivity index (χ0) is 24.0. The predicted octanol–water partition coefficient (Wildman–Crippen LogP) is 5.69. The van der Waals surface area contributed by atoms with E-state index in [1.165, 1.54) is 0 Å². The van der Waals surface area contributed by atoms with E-state index < -0.39 is 12.1 Å². The lowest BCUT2D eigenvalue weighted by atomic mass is 10.0. The molecule has 172 valence electrons. The molecule has 0 aliphatic carbocycles. The maximum atomic E-state index is 13.2. The van der Waals surface area contributed by atoms with Gasteiger partial charge in [-0.1, -0.05) is 42.5 Å². The van der Waals surface area contributed by atoms with E-state index in [9.17, 15) is 14.7 Å². The molecular formula is C25H24I2N2O4. The Labute approximate surface area is 220 Å². The molecule has 33 heavy (non-hydrogen) atoms. The van der Waals surface area contributed by atoms with E-state index >= 15 is 0 Å². The number of rotatable bonds is 7. The molecule has 0 fully saturated rings. The largest absolute Gasteiger partial charge is 0.506 e. The Hall–Kier alpha value is -2.34. The van der Waals surface area contributed by atoms with Gasteiger partial charge in [-0.25, -0.2) is 4.79 Å². The van der Waals surface area contributed by atoms with Crippen LogP contribution in [0.4, 0.5) is 10.5 Å². The molecule has 0 unspecified atom stereocenters. The lowest BCUT2D eigenvalue weighted by Crippen LogP contribution is -2.45. The average Bonchev–Trinajstić information content (AvgIpc) is 2.79. The first-order valence-electron chi connectivity index (χ1n) is 10.3. The Morgan fingerprint density at radius 2 is 1.64 bits per heavy atom. The van der Waals surface area contributed by atoms with Gasteiger partial charge in [0.05, 0.1) is 7.14 Å². The van der Waals surface area contributed by atoms with E-state index in [1.54, 1.807) is 12.1 Å². The summed E-state index contributed by atoms with van der Waals surface area (Å²) in [6.45, 7) is 4.02. The van der Waals surface area contributed by atoms with Crippen LogP contribution in [0, 0.1) is 21.0 Å². The van der Waals surface area contributed by atoms with Gasteiger partial charge in [0, 0.05) is 12.1 Å². The lowest BCUT2D eigenvalue weighted by molar-refractivity contribution is -0.118. The predicted molar refractivity (Wildman–Crippen MR) is 145 cm³/mol. The van der Waals surface area contributed by atoms with Crippen molar-refractivity contribution in [2.24, 2.45) is 0 Å². The molecule has 8 heteroatoms. The van der Waals surface area contributed by atoms with Gasteiger partial charge in [0.15, 0.2) is 0 Å². The second kappa shape index (κ2) is 11.7. The molecule has 0 aromatic heterocycles. The lowest BCUT2D eigenvalue weighted by Gasteiger charge is -2.20. The number of nitrogens with one attached hydrogen (secondary N) is 2. The van der Waals surface area contributed by atoms with Crippen molar-refractivity contribution < 1.29 is 19.4 Å². The van der Waals surface area contributed by atoms with Crippen molar-refractivity contribution in [2.75, 3.05) is 5.32 Å². The average molecular weight is 670 g/mol. The second-order valence-corrected chi connectivity index (χ2v) is 9.93. The zero-order valence-electron chi connectivity index (χ0n) is 18.2. The third-order valence-corrected chi connectivity index (χ3v) is 6.84. The third kappa shape index (κ3) is 7.07. The fraction of sp³-hybridized carbons (Fsp3) is 0.200. The van der Waals surface area contributed by atoms with Gasteiger partial charge in [-0.3, -0.25) is 4.79 Å². The van der Waals surface area contributed by atoms with Gasteiger partial charge in [-0.15, -0.1) is 0 Å². The molecule has 0 bridgehead atoms. The standard InChI is InChI=1S/C25H24I2N2O4/c1-15-7-6-10-21(16(15)2)28-24(31)22(13-18-11-19(26)23(30)20(27)12-18)29-25(32)33-14-17-8-4-3-5-9-17/h3-12,22,30H,13-14H2,1-2H3,(H,28,31)(H,29,32)/t22-/m1/s1. The highest BCUT2D eigenvalue weighted by Crippen LogP contribution is 2.28. The van der Waals surface area contributed by atoms with Crippen molar-refractivity contribution in [3.63, 3.8) is 0 Å². The van der Waals surface area contributed by atoms with Gasteiger partial charge in [-0.05, 0) is 99.5 Å². The van der Waals surface area contributed by atoms with Gasteiger partial charge in [0.2, 0.25) is 5.91 Å². The van der Waals surface area contributed by atoms with Gasteiger partial charge in [-0.2, -0.15) is 0 Å². The SMILES string of the molecule is Cc1cccc(NC(=O)[C@@H](Cc2cc(I)c(O)c(I)c2)NC(=O)OCc2ccccc2)c1C. The van der Waals surface area contributed by atoms with E-state index in [4.69, 9.17) is 4.74 Å². The molecule has 0 aliphatic rings. The number of ether oxygens (including phenoxy) is 1. The van der Waals surface area contributed by atoms with Crippen LogP contribution in [0.25, 0.3) is 0 Å². The number of halogens is 2. The summed E-state index contributed by atoms with van der Waals surface area (Å²) >= 11 is 4.09. The van der Waals surface area contributed by atoms with Gasteiger partial charge in [0.25, 0.3) is 0 Å². The van der Waals surface area contributed by atoms with Crippen LogP contribution >= 0.6 is 45.2 Å². The molecule has 3 aromatic carbocycles. The number of carbonyl (C=O) groups excluding carboxylic acids is 2. The number of carbonyl (C=O) groups is 2. The summed E-state index contributed by atoms with van der Waals surface area (Å²) in [4.78, 5) is 25.7. The molecule has 6 nitrogen and oxygen atoms in total. The first kappa shape index (κ1) is 25.3. The number of phenols is 1. The van der Waals surface area contributed by atoms with Crippen molar-refractivity contribution in [3.05, 3.63) is 90.1 Å². The van der Waals surface area contributed by atoms with Gasteiger partial charge < -0.3 is 20.5 Å². The Morgan fingerprint density at radius 1 is 0.970 bits per heavy atom. The Morgan fingerprint density at radius 3 is 2.30 bits per heavy atom. The summed E-state index contributed by atoms with van der Waals surface area (Å²) in [6.07, 6.45) is -0.438. The minimum atomic E-state index is -0.871. The first-order valence-corrected chi connectivity index (χ1v) is 12.4. The van der Waals surface area contributed by atoms with E-state index in [0.29, 0.717) is 12.8 Å². The quantitative estimate of drug-likeness (QED) is 0.282.